The Morgan fingerprint density at radius 3 is 2.12 bits per heavy atom. The lowest BCUT2D eigenvalue weighted by Crippen LogP contribution is -2.53. The van der Waals surface area contributed by atoms with Crippen molar-refractivity contribution < 1.29 is 19.1 Å². The maximum atomic E-state index is 14.3. The second-order valence-electron chi connectivity index (χ2n) is 10.6. The predicted octanol–water partition coefficient (Wildman–Crippen LogP) is 5.84. The summed E-state index contributed by atoms with van der Waals surface area (Å²) in [4.78, 5) is 42.4. The molecule has 2 N–H and O–H groups in total. The van der Waals surface area contributed by atoms with Crippen LogP contribution in [0.4, 0.5) is 4.79 Å². The highest BCUT2D eigenvalue weighted by Gasteiger charge is 2.36. The minimum Gasteiger partial charge on any atom is -0.444 e. The van der Waals surface area contributed by atoms with E-state index in [-0.39, 0.29) is 25.4 Å². The molecule has 214 valence electrons. The van der Waals surface area contributed by atoms with Gasteiger partial charge in [0.15, 0.2) is 0 Å². The number of carbonyl (C=O) groups is 3. The predicted molar refractivity (Wildman–Crippen MR) is 163 cm³/mol. The monoisotopic (exact) mass is 553 g/mol. The summed E-state index contributed by atoms with van der Waals surface area (Å²) in [7, 11) is 0. The van der Waals surface area contributed by atoms with Gasteiger partial charge >= 0.3 is 6.09 Å². The topological polar surface area (TPSA) is 87.7 Å². The molecule has 0 aliphatic carbocycles. The molecule has 7 heteroatoms. The van der Waals surface area contributed by atoms with Crippen LogP contribution in [0.1, 0.15) is 49.1 Å². The molecule has 0 radical (unpaired) electrons. The Morgan fingerprint density at radius 2 is 1.54 bits per heavy atom. The Morgan fingerprint density at radius 1 is 0.902 bits per heavy atom. The van der Waals surface area contributed by atoms with Gasteiger partial charge < -0.3 is 20.3 Å². The van der Waals surface area contributed by atoms with Gasteiger partial charge in [-0.3, -0.25) is 9.59 Å². The van der Waals surface area contributed by atoms with E-state index in [4.69, 9.17) is 4.74 Å². The molecule has 2 atom stereocenters. The van der Waals surface area contributed by atoms with Gasteiger partial charge in [-0.2, -0.15) is 0 Å². The molecule has 3 aromatic rings. The van der Waals surface area contributed by atoms with Crippen molar-refractivity contribution in [1.29, 1.82) is 0 Å². The number of nitrogens with zero attached hydrogens (tertiary/aromatic N) is 1. The lowest BCUT2D eigenvalue weighted by molar-refractivity contribution is -0.141. The molecule has 0 bridgehead atoms. The van der Waals surface area contributed by atoms with Crippen LogP contribution in [0, 0.1) is 0 Å². The second-order valence-corrected chi connectivity index (χ2v) is 10.6. The summed E-state index contributed by atoms with van der Waals surface area (Å²) in [6, 6.07) is 24.2. The Bertz CT molecular complexity index is 1330. The van der Waals surface area contributed by atoms with E-state index in [1.807, 2.05) is 78.9 Å². The van der Waals surface area contributed by atoms with Gasteiger partial charge in [0.2, 0.25) is 11.8 Å². The van der Waals surface area contributed by atoms with Gasteiger partial charge in [0.25, 0.3) is 0 Å². The molecule has 0 saturated carbocycles. The van der Waals surface area contributed by atoms with Crippen LogP contribution in [0.5, 0.6) is 0 Å². The summed E-state index contributed by atoms with van der Waals surface area (Å²) in [5.74, 6) is -0.801. The Hall–Kier alpha value is -4.65. The van der Waals surface area contributed by atoms with Gasteiger partial charge in [-0.25, -0.2) is 4.79 Å². The number of ether oxygens (including phenoxy) is 1. The first-order valence-corrected chi connectivity index (χ1v) is 13.6. The zero-order valence-corrected chi connectivity index (χ0v) is 24.0. The third-order valence-corrected chi connectivity index (χ3v) is 6.21. The molecule has 3 aromatic carbocycles. The van der Waals surface area contributed by atoms with E-state index in [0.717, 1.165) is 16.7 Å². The van der Waals surface area contributed by atoms with Crippen LogP contribution in [0.15, 0.2) is 104 Å². The number of rotatable bonds is 12. The fourth-order valence-electron chi connectivity index (χ4n) is 4.37. The van der Waals surface area contributed by atoms with E-state index >= 15 is 0 Å². The van der Waals surface area contributed by atoms with Gasteiger partial charge in [0.05, 0.1) is 0 Å². The minimum atomic E-state index is -1.00. The number of benzene rings is 3. The number of hydrogen-bond acceptors (Lipinski definition) is 4. The van der Waals surface area contributed by atoms with Crippen molar-refractivity contribution in [1.82, 2.24) is 15.5 Å². The number of carbonyl (C=O) groups excluding carboxylic acids is 3. The van der Waals surface area contributed by atoms with E-state index in [0.29, 0.717) is 5.56 Å². The molecule has 0 aromatic heterocycles. The van der Waals surface area contributed by atoms with E-state index in [2.05, 4.69) is 23.8 Å². The molecule has 41 heavy (non-hydrogen) atoms. The molecule has 0 aliphatic rings. The Balaban J connectivity index is 2.01. The van der Waals surface area contributed by atoms with Gasteiger partial charge in [0, 0.05) is 19.5 Å². The molecule has 2 unspecified atom stereocenters. The van der Waals surface area contributed by atoms with Crippen molar-refractivity contribution in [3.8, 4) is 0 Å². The fourth-order valence-corrected chi connectivity index (χ4v) is 4.37. The van der Waals surface area contributed by atoms with Crippen molar-refractivity contribution in [3.63, 3.8) is 0 Å². The highest BCUT2D eigenvalue weighted by atomic mass is 16.6. The summed E-state index contributed by atoms with van der Waals surface area (Å²) >= 11 is 0. The molecule has 3 amide bonds. The highest BCUT2D eigenvalue weighted by molar-refractivity contribution is 5.92. The van der Waals surface area contributed by atoms with Crippen LogP contribution in [0.25, 0.3) is 6.08 Å². The number of hydrogen-bond donors (Lipinski definition) is 2. The normalized spacial score (nSPS) is 12.4. The summed E-state index contributed by atoms with van der Waals surface area (Å²) in [6.07, 6.45) is 2.74. The smallest absolute Gasteiger partial charge is 0.408 e. The van der Waals surface area contributed by atoms with Gasteiger partial charge in [-0.05, 0) is 49.1 Å². The second kappa shape index (κ2) is 14.7. The summed E-state index contributed by atoms with van der Waals surface area (Å²) < 4.78 is 5.47. The van der Waals surface area contributed by atoms with Crippen LogP contribution in [0.2, 0.25) is 0 Å². The third-order valence-electron chi connectivity index (χ3n) is 6.21. The first-order valence-electron chi connectivity index (χ1n) is 13.6. The quantitative estimate of drug-likeness (QED) is 0.276. The average molecular weight is 554 g/mol. The zero-order chi connectivity index (χ0) is 29.8. The van der Waals surface area contributed by atoms with Gasteiger partial charge in [0.1, 0.15) is 17.7 Å². The van der Waals surface area contributed by atoms with Crippen molar-refractivity contribution >= 4 is 24.0 Å². The summed E-state index contributed by atoms with van der Waals surface area (Å²) in [6.45, 7) is 13.3. The first kappa shape index (κ1) is 30.9. The van der Waals surface area contributed by atoms with Crippen LogP contribution < -0.4 is 10.6 Å². The van der Waals surface area contributed by atoms with Crippen LogP contribution >= 0.6 is 0 Å². The Kier molecular flexibility index (Phi) is 11.0. The van der Waals surface area contributed by atoms with Crippen molar-refractivity contribution in [2.75, 3.05) is 6.54 Å². The standard InChI is InChI=1S/C34H39N3O4/c1-6-21-37(32(39)29(23-26-15-10-8-11-16-26)36-33(40)41-34(3,4)5)30(28-20-14-19-25(7-2)22-28)31(38)35-24-27-17-12-9-13-18-27/h6-20,22,29-30H,1-2,21,23-24H2,3-5H3,(H,35,38)(H,36,40). The van der Waals surface area contributed by atoms with Crippen molar-refractivity contribution in [3.05, 3.63) is 126 Å². The summed E-state index contributed by atoms with van der Waals surface area (Å²) in [5, 5.41) is 5.74. The molecule has 0 heterocycles. The van der Waals surface area contributed by atoms with Crippen LogP contribution in [-0.4, -0.2) is 41.0 Å². The lowest BCUT2D eigenvalue weighted by Gasteiger charge is -2.34. The van der Waals surface area contributed by atoms with E-state index in [1.54, 1.807) is 39.0 Å². The molecule has 0 spiro atoms. The van der Waals surface area contributed by atoms with Crippen LogP contribution in [0.3, 0.4) is 0 Å². The number of alkyl carbamates (subject to hydrolysis) is 1. The lowest BCUT2D eigenvalue weighted by atomic mass is 9.98. The van der Waals surface area contributed by atoms with E-state index in [9.17, 15) is 14.4 Å². The van der Waals surface area contributed by atoms with Crippen LogP contribution in [-0.2, 0) is 27.3 Å². The fraction of sp³-hybridized carbons (Fsp3) is 0.265. The van der Waals surface area contributed by atoms with Crippen molar-refractivity contribution in [2.24, 2.45) is 0 Å². The molecule has 7 nitrogen and oxygen atoms in total. The van der Waals surface area contributed by atoms with Crippen molar-refractivity contribution in [2.45, 2.75) is 51.4 Å². The highest BCUT2D eigenvalue weighted by Crippen LogP contribution is 2.25. The zero-order valence-electron chi connectivity index (χ0n) is 24.0. The molecular weight excluding hydrogens is 514 g/mol. The molecular formula is C34H39N3O4. The SMILES string of the molecule is C=CCN(C(=O)C(Cc1ccccc1)NC(=O)OC(C)(C)C)C(C(=O)NCc1ccccc1)c1cccc(C=C)c1. The molecule has 3 rings (SSSR count). The number of nitrogens with one attached hydrogen (secondary N) is 2. The molecule has 0 saturated heterocycles. The van der Waals surface area contributed by atoms with Gasteiger partial charge in [-0.1, -0.05) is 97.6 Å². The maximum Gasteiger partial charge on any atom is 0.408 e. The third kappa shape index (κ3) is 9.49. The average Bonchev–Trinajstić information content (AvgIpc) is 2.95. The largest absolute Gasteiger partial charge is 0.444 e. The Labute approximate surface area is 242 Å². The molecule has 0 fully saturated rings. The maximum absolute atomic E-state index is 14.3. The van der Waals surface area contributed by atoms with E-state index < -0.39 is 29.7 Å². The minimum absolute atomic E-state index is 0.0713. The first-order chi connectivity index (χ1) is 19.6. The summed E-state index contributed by atoms with van der Waals surface area (Å²) in [5.41, 5.74) is 2.44. The molecule has 0 aliphatic heterocycles. The number of amides is 3. The van der Waals surface area contributed by atoms with E-state index in [1.165, 1.54) is 4.90 Å². The van der Waals surface area contributed by atoms with Gasteiger partial charge in [-0.15, -0.1) is 6.58 Å².